The molecule has 1 rings (SSSR count). The molecule has 0 atom stereocenters. The monoisotopic (exact) mass is 291 g/mol. The van der Waals surface area contributed by atoms with Crippen LogP contribution in [0, 0.1) is 0 Å². The Bertz CT molecular complexity index is 329. The van der Waals surface area contributed by atoms with Crippen LogP contribution in [0.4, 0.5) is 0 Å². The van der Waals surface area contributed by atoms with Crippen LogP contribution in [0.25, 0.3) is 0 Å². The van der Waals surface area contributed by atoms with E-state index in [1.54, 1.807) is 0 Å². The van der Waals surface area contributed by atoms with Gasteiger partial charge in [-0.3, -0.25) is 0 Å². The first kappa shape index (κ1) is 16.9. The summed E-state index contributed by atoms with van der Waals surface area (Å²) in [5.41, 5.74) is 0. The van der Waals surface area contributed by atoms with E-state index in [9.17, 15) is 8.42 Å². The van der Waals surface area contributed by atoms with Crippen LogP contribution in [-0.2, 0) is 9.84 Å². The summed E-state index contributed by atoms with van der Waals surface area (Å²) >= 11 is 0. The van der Waals surface area contributed by atoms with Crippen molar-refractivity contribution in [3.8, 4) is 0 Å². The Kier molecular flexibility index (Phi) is 7.90. The molecule has 0 radical (unpaired) electrons. The highest BCUT2D eigenvalue weighted by molar-refractivity contribution is 7.91. The van der Waals surface area contributed by atoms with E-state index in [1.165, 1.54) is 0 Å². The van der Waals surface area contributed by atoms with Crippen molar-refractivity contribution in [3.05, 3.63) is 0 Å². The van der Waals surface area contributed by atoms with Gasteiger partial charge in [0, 0.05) is 32.7 Å². The van der Waals surface area contributed by atoms with Crippen LogP contribution in [0.15, 0.2) is 0 Å². The molecule has 1 heterocycles. The number of likely N-dealkylation sites (N-methyl/N-ethyl adjacent to an activating group) is 1. The van der Waals surface area contributed by atoms with Crippen molar-refractivity contribution in [1.82, 2.24) is 15.1 Å². The lowest BCUT2D eigenvalue weighted by atomic mass is 10.4. The van der Waals surface area contributed by atoms with E-state index in [-0.39, 0.29) is 0 Å². The van der Waals surface area contributed by atoms with Gasteiger partial charge in [-0.1, -0.05) is 13.8 Å². The zero-order valence-electron chi connectivity index (χ0n) is 12.4. The van der Waals surface area contributed by atoms with Crippen molar-refractivity contribution < 1.29 is 8.42 Å². The van der Waals surface area contributed by atoms with E-state index in [2.05, 4.69) is 29.0 Å². The summed E-state index contributed by atoms with van der Waals surface area (Å²) < 4.78 is 23.0. The van der Waals surface area contributed by atoms with Gasteiger partial charge in [-0.2, -0.15) is 0 Å². The second-order valence-electron chi connectivity index (χ2n) is 5.12. The van der Waals surface area contributed by atoms with Crippen LogP contribution < -0.4 is 5.32 Å². The van der Waals surface area contributed by atoms with Gasteiger partial charge in [-0.15, -0.1) is 0 Å². The van der Waals surface area contributed by atoms with Crippen LogP contribution in [0.3, 0.4) is 0 Å². The van der Waals surface area contributed by atoms with Crippen molar-refractivity contribution >= 4 is 9.84 Å². The first-order chi connectivity index (χ1) is 9.07. The average Bonchev–Trinajstić information content (AvgIpc) is 2.55. The number of nitrogens with zero attached hydrogens (tertiary/aromatic N) is 2. The van der Waals surface area contributed by atoms with Gasteiger partial charge in [-0.05, 0) is 26.1 Å². The van der Waals surface area contributed by atoms with E-state index in [1.807, 2.05) is 0 Å². The van der Waals surface area contributed by atoms with Gasteiger partial charge in [0.15, 0.2) is 9.84 Å². The zero-order chi connectivity index (χ0) is 14.1. The molecule has 0 aromatic heterocycles. The molecular weight excluding hydrogens is 262 g/mol. The highest BCUT2D eigenvalue weighted by Crippen LogP contribution is 2.03. The molecule has 1 aliphatic heterocycles. The molecule has 1 fully saturated rings. The standard InChI is InChI=1S/C13H29N3O2S/c1-3-15(4-2)9-6-14-7-10-16-8-5-12-19(17,18)13-11-16/h14H,3-13H2,1-2H3. The maximum atomic E-state index is 11.5. The largest absolute Gasteiger partial charge is 0.314 e. The molecule has 0 aliphatic carbocycles. The van der Waals surface area contributed by atoms with E-state index >= 15 is 0 Å². The molecule has 114 valence electrons. The van der Waals surface area contributed by atoms with Gasteiger partial charge in [-0.25, -0.2) is 8.42 Å². The average molecular weight is 291 g/mol. The van der Waals surface area contributed by atoms with E-state index < -0.39 is 9.84 Å². The third-order valence-corrected chi connectivity index (χ3v) is 5.47. The van der Waals surface area contributed by atoms with Crippen LogP contribution in [0.2, 0.25) is 0 Å². The fourth-order valence-electron chi connectivity index (χ4n) is 2.35. The Morgan fingerprint density at radius 1 is 1.11 bits per heavy atom. The fraction of sp³-hybridized carbons (Fsp3) is 1.00. The molecule has 1 aliphatic rings. The summed E-state index contributed by atoms with van der Waals surface area (Å²) in [7, 11) is -2.77. The molecule has 19 heavy (non-hydrogen) atoms. The van der Waals surface area contributed by atoms with Crippen LogP contribution in [0.1, 0.15) is 20.3 Å². The van der Waals surface area contributed by atoms with Crippen molar-refractivity contribution in [2.24, 2.45) is 0 Å². The van der Waals surface area contributed by atoms with Gasteiger partial charge in [0.1, 0.15) is 0 Å². The zero-order valence-corrected chi connectivity index (χ0v) is 13.2. The highest BCUT2D eigenvalue weighted by atomic mass is 32.2. The minimum absolute atomic E-state index is 0.326. The minimum atomic E-state index is -2.77. The Balaban J connectivity index is 2.09. The number of hydrogen-bond acceptors (Lipinski definition) is 5. The van der Waals surface area contributed by atoms with Crippen LogP contribution >= 0.6 is 0 Å². The first-order valence-electron chi connectivity index (χ1n) is 7.43. The van der Waals surface area contributed by atoms with Gasteiger partial charge >= 0.3 is 0 Å². The van der Waals surface area contributed by atoms with Gasteiger partial charge in [0.05, 0.1) is 11.5 Å². The van der Waals surface area contributed by atoms with E-state index in [0.29, 0.717) is 18.1 Å². The number of sulfone groups is 1. The summed E-state index contributed by atoms with van der Waals surface area (Å²) in [6.07, 6.45) is 0.780. The third kappa shape index (κ3) is 7.25. The first-order valence-corrected chi connectivity index (χ1v) is 9.25. The van der Waals surface area contributed by atoms with Gasteiger partial charge in [0.25, 0.3) is 0 Å². The molecule has 5 nitrogen and oxygen atoms in total. The summed E-state index contributed by atoms with van der Waals surface area (Å²) in [5.74, 6) is 0.686. The maximum Gasteiger partial charge on any atom is 0.151 e. The smallest absolute Gasteiger partial charge is 0.151 e. The molecule has 0 unspecified atom stereocenters. The summed E-state index contributed by atoms with van der Waals surface area (Å²) in [4.78, 5) is 4.65. The molecular formula is C13H29N3O2S. The predicted molar refractivity (Wildman–Crippen MR) is 80.4 cm³/mol. The number of nitrogens with one attached hydrogen (secondary N) is 1. The molecule has 6 heteroatoms. The molecule has 1 saturated heterocycles. The molecule has 0 aromatic rings. The summed E-state index contributed by atoms with van der Waals surface area (Å²) in [6.45, 7) is 12.2. The molecule has 0 spiro atoms. The second kappa shape index (κ2) is 8.89. The van der Waals surface area contributed by atoms with Crippen molar-refractivity contribution in [2.75, 3.05) is 63.9 Å². The van der Waals surface area contributed by atoms with E-state index in [0.717, 1.165) is 52.2 Å². The van der Waals surface area contributed by atoms with Crippen LogP contribution in [0.5, 0.6) is 0 Å². The maximum absolute atomic E-state index is 11.5. The molecule has 1 N–H and O–H groups in total. The molecule has 0 amide bonds. The predicted octanol–water partition coefficient (Wildman–Crippen LogP) is 0.0383. The highest BCUT2D eigenvalue weighted by Gasteiger charge is 2.18. The van der Waals surface area contributed by atoms with Gasteiger partial charge in [0.2, 0.25) is 0 Å². The molecule has 0 aromatic carbocycles. The normalized spacial score (nSPS) is 20.6. The van der Waals surface area contributed by atoms with Crippen LogP contribution in [-0.4, -0.2) is 82.1 Å². The van der Waals surface area contributed by atoms with Crippen molar-refractivity contribution in [1.29, 1.82) is 0 Å². The Hall–Kier alpha value is -0.170. The number of rotatable bonds is 8. The Morgan fingerprint density at radius 3 is 2.53 bits per heavy atom. The topological polar surface area (TPSA) is 52.6 Å². The Labute approximate surface area is 118 Å². The minimum Gasteiger partial charge on any atom is -0.314 e. The Morgan fingerprint density at radius 2 is 1.84 bits per heavy atom. The number of hydrogen-bond donors (Lipinski definition) is 1. The summed E-state index contributed by atoms with van der Waals surface area (Å²) in [6, 6.07) is 0. The van der Waals surface area contributed by atoms with Crippen molar-refractivity contribution in [3.63, 3.8) is 0 Å². The lowest BCUT2D eigenvalue weighted by Gasteiger charge is -2.21. The van der Waals surface area contributed by atoms with Crippen molar-refractivity contribution in [2.45, 2.75) is 20.3 Å². The third-order valence-electron chi connectivity index (χ3n) is 3.75. The second-order valence-corrected chi connectivity index (χ2v) is 7.43. The fourth-order valence-corrected chi connectivity index (χ4v) is 3.66. The quantitative estimate of drug-likeness (QED) is 0.640. The lowest BCUT2D eigenvalue weighted by Crippen LogP contribution is -2.37. The van der Waals surface area contributed by atoms with Gasteiger partial charge < -0.3 is 15.1 Å². The SMILES string of the molecule is CCN(CC)CCNCCN1CCCS(=O)(=O)CC1. The van der Waals surface area contributed by atoms with E-state index in [4.69, 9.17) is 0 Å². The molecule has 0 bridgehead atoms. The lowest BCUT2D eigenvalue weighted by molar-refractivity contribution is 0.279. The summed E-state index contributed by atoms with van der Waals surface area (Å²) in [5, 5.41) is 3.44. The molecule has 0 saturated carbocycles.